The van der Waals surface area contributed by atoms with Crippen molar-refractivity contribution in [2.75, 3.05) is 0 Å². The van der Waals surface area contributed by atoms with Crippen LogP contribution in [0.25, 0.3) is 10.1 Å². The third kappa shape index (κ3) is 2.23. The number of rotatable bonds is 1. The fourth-order valence-electron chi connectivity index (χ4n) is 1.88. The van der Waals surface area contributed by atoms with Crippen LogP contribution in [0.5, 0.6) is 0 Å². The third-order valence-corrected chi connectivity index (χ3v) is 3.91. The highest BCUT2D eigenvalue weighted by Gasteiger charge is 2.16. The van der Waals surface area contributed by atoms with Gasteiger partial charge >= 0.3 is 0 Å². The van der Waals surface area contributed by atoms with Gasteiger partial charge in [0.1, 0.15) is 0 Å². The molecule has 1 heteroatoms. The first kappa shape index (κ1) is 10.7. The van der Waals surface area contributed by atoms with E-state index in [0.717, 1.165) is 0 Å². The van der Waals surface area contributed by atoms with Gasteiger partial charge in [-0.25, -0.2) is 0 Å². The van der Waals surface area contributed by atoms with E-state index in [0.29, 0.717) is 5.41 Å². The first-order valence-corrected chi connectivity index (χ1v) is 6.26. The quantitative estimate of drug-likeness (QED) is 0.645. The molecule has 80 valence electrons. The lowest BCUT2D eigenvalue weighted by Crippen LogP contribution is -2.08. The van der Waals surface area contributed by atoms with Crippen LogP contribution < -0.4 is 0 Å². The second-order valence-electron chi connectivity index (χ2n) is 5.38. The standard InChI is InChI=1S/C14H18S/c1-10-11-7-5-6-8-12(11)15-13(10)9-14(2,3)4/h5-8H,9H2,1-4H3. The Kier molecular flexibility index (Phi) is 2.59. The van der Waals surface area contributed by atoms with Crippen molar-refractivity contribution in [3.63, 3.8) is 0 Å². The number of hydrogen-bond donors (Lipinski definition) is 0. The zero-order chi connectivity index (χ0) is 11.1. The average Bonchev–Trinajstić information content (AvgIpc) is 2.42. The van der Waals surface area contributed by atoms with Crippen molar-refractivity contribution < 1.29 is 0 Å². The smallest absolute Gasteiger partial charge is 0.0348 e. The summed E-state index contributed by atoms with van der Waals surface area (Å²) in [7, 11) is 0. The molecule has 1 aromatic heterocycles. The highest BCUT2D eigenvalue weighted by atomic mass is 32.1. The van der Waals surface area contributed by atoms with Crippen LogP contribution in [0, 0.1) is 12.3 Å². The molecule has 15 heavy (non-hydrogen) atoms. The second kappa shape index (κ2) is 3.64. The molecule has 0 amide bonds. The molecule has 1 aromatic carbocycles. The van der Waals surface area contributed by atoms with Gasteiger partial charge in [-0.1, -0.05) is 39.0 Å². The average molecular weight is 218 g/mol. The van der Waals surface area contributed by atoms with Crippen molar-refractivity contribution >= 4 is 21.4 Å². The highest BCUT2D eigenvalue weighted by molar-refractivity contribution is 7.19. The molecule has 0 aliphatic carbocycles. The van der Waals surface area contributed by atoms with Crippen LogP contribution in [0.4, 0.5) is 0 Å². The minimum atomic E-state index is 0.381. The summed E-state index contributed by atoms with van der Waals surface area (Å²) in [6, 6.07) is 8.70. The maximum Gasteiger partial charge on any atom is 0.0348 e. The third-order valence-electron chi connectivity index (χ3n) is 2.63. The van der Waals surface area contributed by atoms with Crippen molar-refractivity contribution in [1.29, 1.82) is 0 Å². The van der Waals surface area contributed by atoms with Gasteiger partial charge in [0.25, 0.3) is 0 Å². The lowest BCUT2D eigenvalue weighted by Gasteiger charge is -2.17. The summed E-state index contributed by atoms with van der Waals surface area (Å²) < 4.78 is 1.43. The molecule has 2 aromatic rings. The predicted octanol–water partition coefficient (Wildman–Crippen LogP) is 4.80. The van der Waals surface area contributed by atoms with Crippen molar-refractivity contribution in [3.05, 3.63) is 34.7 Å². The lowest BCUT2D eigenvalue weighted by atomic mass is 9.90. The molecule has 0 N–H and O–H groups in total. The molecule has 0 fully saturated rings. The number of benzene rings is 1. The maximum atomic E-state index is 2.30. The molecule has 0 nitrogen and oxygen atoms in total. The Morgan fingerprint density at radius 1 is 1.13 bits per heavy atom. The number of thiophene rings is 1. The second-order valence-corrected chi connectivity index (χ2v) is 6.52. The van der Waals surface area contributed by atoms with Crippen molar-refractivity contribution in [3.8, 4) is 0 Å². The van der Waals surface area contributed by atoms with Gasteiger partial charge < -0.3 is 0 Å². The topological polar surface area (TPSA) is 0 Å². The molecule has 0 saturated heterocycles. The van der Waals surface area contributed by atoms with E-state index in [-0.39, 0.29) is 0 Å². The fourth-order valence-corrected chi connectivity index (χ4v) is 3.39. The van der Waals surface area contributed by atoms with Crippen molar-refractivity contribution in [1.82, 2.24) is 0 Å². The summed E-state index contributed by atoms with van der Waals surface area (Å²) in [5.74, 6) is 0. The SMILES string of the molecule is Cc1c(CC(C)(C)C)sc2ccccc12. The molecular weight excluding hydrogens is 200 g/mol. The summed E-state index contributed by atoms with van der Waals surface area (Å²) in [6.07, 6.45) is 1.18. The summed E-state index contributed by atoms with van der Waals surface area (Å²) in [4.78, 5) is 1.55. The lowest BCUT2D eigenvalue weighted by molar-refractivity contribution is 0.414. The summed E-state index contributed by atoms with van der Waals surface area (Å²) in [5.41, 5.74) is 1.86. The van der Waals surface area contributed by atoms with E-state index in [9.17, 15) is 0 Å². The molecule has 0 atom stereocenters. The van der Waals surface area contributed by atoms with E-state index in [1.807, 2.05) is 11.3 Å². The first-order valence-electron chi connectivity index (χ1n) is 5.44. The molecule has 2 rings (SSSR count). The van der Waals surface area contributed by atoms with Gasteiger partial charge in [0.05, 0.1) is 0 Å². The van der Waals surface area contributed by atoms with Crippen LogP contribution >= 0.6 is 11.3 Å². The van der Waals surface area contributed by atoms with Crippen LogP contribution in [0.15, 0.2) is 24.3 Å². The van der Waals surface area contributed by atoms with Crippen LogP contribution in [-0.2, 0) is 6.42 Å². The molecule has 1 heterocycles. The van der Waals surface area contributed by atoms with Crippen LogP contribution in [-0.4, -0.2) is 0 Å². The van der Waals surface area contributed by atoms with Gasteiger partial charge in [0.2, 0.25) is 0 Å². The fraction of sp³-hybridized carbons (Fsp3) is 0.429. The Labute approximate surface area is 95.9 Å². The van der Waals surface area contributed by atoms with Gasteiger partial charge in [-0.15, -0.1) is 11.3 Å². The molecule has 0 radical (unpaired) electrons. The highest BCUT2D eigenvalue weighted by Crippen LogP contribution is 2.34. The summed E-state index contributed by atoms with van der Waals surface area (Å²) in [6.45, 7) is 9.16. The zero-order valence-electron chi connectivity index (χ0n) is 9.92. The van der Waals surface area contributed by atoms with Gasteiger partial charge in [-0.05, 0) is 35.8 Å². The van der Waals surface area contributed by atoms with Crippen LogP contribution in [0.2, 0.25) is 0 Å². The summed E-state index contributed by atoms with van der Waals surface area (Å²) >= 11 is 1.95. The predicted molar refractivity (Wildman–Crippen MR) is 69.7 cm³/mol. The molecular formula is C14H18S. The Hall–Kier alpha value is -0.820. The van der Waals surface area contributed by atoms with Crippen LogP contribution in [0.1, 0.15) is 31.2 Å². The Balaban J connectivity index is 2.49. The molecule has 0 aliphatic rings. The van der Waals surface area contributed by atoms with E-state index < -0.39 is 0 Å². The number of aryl methyl sites for hydroxylation is 1. The van der Waals surface area contributed by atoms with E-state index in [2.05, 4.69) is 52.0 Å². The van der Waals surface area contributed by atoms with Gasteiger partial charge in [-0.2, -0.15) is 0 Å². The van der Waals surface area contributed by atoms with E-state index in [4.69, 9.17) is 0 Å². The minimum absolute atomic E-state index is 0.381. The van der Waals surface area contributed by atoms with Crippen molar-refractivity contribution in [2.45, 2.75) is 34.1 Å². The zero-order valence-corrected chi connectivity index (χ0v) is 10.7. The van der Waals surface area contributed by atoms with E-state index in [1.54, 1.807) is 4.88 Å². The van der Waals surface area contributed by atoms with Crippen molar-refractivity contribution in [2.24, 2.45) is 5.41 Å². The molecule has 0 aliphatic heterocycles. The normalized spacial score (nSPS) is 12.3. The Morgan fingerprint density at radius 3 is 2.40 bits per heavy atom. The molecule has 0 bridgehead atoms. The molecule has 0 spiro atoms. The Bertz CT molecular complexity index is 472. The van der Waals surface area contributed by atoms with Gasteiger partial charge in [-0.3, -0.25) is 0 Å². The monoisotopic (exact) mass is 218 g/mol. The van der Waals surface area contributed by atoms with E-state index >= 15 is 0 Å². The first-order chi connectivity index (χ1) is 6.97. The Morgan fingerprint density at radius 2 is 1.80 bits per heavy atom. The minimum Gasteiger partial charge on any atom is -0.140 e. The van der Waals surface area contributed by atoms with Gasteiger partial charge in [0, 0.05) is 9.58 Å². The maximum absolute atomic E-state index is 2.30. The summed E-state index contributed by atoms with van der Waals surface area (Å²) in [5, 5.41) is 1.43. The molecule has 0 unspecified atom stereocenters. The molecule has 0 saturated carbocycles. The van der Waals surface area contributed by atoms with Crippen LogP contribution in [0.3, 0.4) is 0 Å². The van der Waals surface area contributed by atoms with E-state index in [1.165, 1.54) is 22.1 Å². The number of hydrogen-bond acceptors (Lipinski definition) is 1. The number of fused-ring (bicyclic) bond motifs is 1. The largest absolute Gasteiger partial charge is 0.140 e. The van der Waals surface area contributed by atoms with Gasteiger partial charge in [0.15, 0.2) is 0 Å².